The number of aromatic nitrogens is 2. The number of H-pyrrole nitrogens is 1. The quantitative estimate of drug-likeness (QED) is 0.816. The van der Waals surface area contributed by atoms with Crippen LogP contribution < -0.4 is 10.9 Å². The summed E-state index contributed by atoms with van der Waals surface area (Å²) in [4.78, 5) is 30.3. The Hall–Kier alpha value is -1.69. The average Bonchev–Trinajstić information content (AvgIpc) is 2.84. The summed E-state index contributed by atoms with van der Waals surface area (Å²) in [5.41, 5.74) is 0.793. The fourth-order valence-corrected chi connectivity index (χ4v) is 2.22. The number of nitrogens with zero attached hydrogens (tertiary/aromatic N) is 1. The molecule has 0 radical (unpaired) electrons. The molecule has 0 bridgehead atoms. The maximum atomic E-state index is 11.8. The van der Waals surface area contributed by atoms with Crippen molar-refractivity contribution in [2.24, 2.45) is 0 Å². The number of nitrogens with one attached hydrogen (secondary N) is 2. The molecule has 6 nitrogen and oxygen atoms in total. The van der Waals surface area contributed by atoms with E-state index in [0.29, 0.717) is 23.6 Å². The molecule has 1 aromatic heterocycles. The third kappa shape index (κ3) is 3.64. The minimum absolute atomic E-state index is 0.0567. The second kappa shape index (κ2) is 5.97. The summed E-state index contributed by atoms with van der Waals surface area (Å²) in [5.74, 6) is 0.390. The number of ether oxygens (including phenoxy) is 1. The summed E-state index contributed by atoms with van der Waals surface area (Å²) < 4.78 is 5.42. The van der Waals surface area contributed by atoms with Crippen LogP contribution in [-0.2, 0) is 16.0 Å². The standard InChI is InChI=1S/C13H19N3O3/c1-8-11(13(18)16-9(2)15-8)6-12(17)14-7-10-4-3-5-19-10/h10H,3-7H2,1-2H3,(H,14,17)(H,15,16,18). The van der Waals surface area contributed by atoms with Crippen molar-refractivity contribution in [1.82, 2.24) is 15.3 Å². The van der Waals surface area contributed by atoms with Gasteiger partial charge in [-0.3, -0.25) is 9.59 Å². The highest BCUT2D eigenvalue weighted by Crippen LogP contribution is 2.10. The van der Waals surface area contributed by atoms with Crippen LogP contribution in [0.25, 0.3) is 0 Å². The number of hydrogen-bond acceptors (Lipinski definition) is 4. The van der Waals surface area contributed by atoms with E-state index >= 15 is 0 Å². The van der Waals surface area contributed by atoms with Crippen LogP contribution in [0.15, 0.2) is 4.79 Å². The van der Waals surface area contributed by atoms with Crippen molar-refractivity contribution in [3.63, 3.8) is 0 Å². The Morgan fingerprint density at radius 1 is 1.53 bits per heavy atom. The van der Waals surface area contributed by atoms with Crippen LogP contribution in [0.5, 0.6) is 0 Å². The van der Waals surface area contributed by atoms with Crippen molar-refractivity contribution in [2.45, 2.75) is 39.2 Å². The zero-order valence-corrected chi connectivity index (χ0v) is 11.3. The van der Waals surface area contributed by atoms with Gasteiger partial charge in [0.2, 0.25) is 5.91 Å². The van der Waals surface area contributed by atoms with Gasteiger partial charge in [-0.05, 0) is 26.7 Å². The molecule has 1 saturated heterocycles. The minimum Gasteiger partial charge on any atom is -0.376 e. The Bertz CT molecular complexity index is 518. The van der Waals surface area contributed by atoms with Crippen LogP contribution in [0.3, 0.4) is 0 Å². The summed E-state index contributed by atoms with van der Waals surface area (Å²) in [6.45, 7) is 4.73. The number of carbonyl (C=O) groups excluding carboxylic acids is 1. The Morgan fingerprint density at radius 2 is 2.32 bits per heavy atom. The van der Waals surface area contributed by atoms with Gasteiger partial charge < -0.3 is 15.0 Å². The fraction of sp³-hybridized carbons (Fsp3) is 0.615. The molecule has 104 valence electrons. The van der Waals surface area contributed by atoms with E-state index in [0.717, 1.165) is 19.4 Å². The van der Waals surface area contributed by atoms with Gasteiger partial charge in [0.25, 0.3) is 5.56 Å². The van der Waals surface area contributed by atoms with Gasteiger partial charge in [-0.25, -0.2) is 4.98 Å². The van der Waals surface area contributed by atoms with Gasteiger partial charge >= 0.3 is 0 Å². The number of rotatable bonds is 4. The zero-order chi connectivity index (χ0) is 13.8. The van der Waals surface area contributed by atoms with Crippen LogP contribution >= 0.6 is 0 Å². The van der Waals surface area contributed by atoms with Gasteiger partial charge in [0.05, 0.1) is 12.5 Å². The first-order valence-corrected chi connectivity index (χ1v) is 6.51. The summed E-state index contributed by atoms with van der Waals surface area (Å²) in [5, 5.41) is 2.80. The first kappa shape index (κ1) is 13.7. The molecule has 2 heterocycles. The molecule has 1 unspecified atom stereocenters. The van der Waals surface area contributed by atoms with E-state index in [1.165, 1.54) is 0 Å². The molecule has 1 atom stereocenters. The molecule has 0 saturated carbocycles. The van der Waals surface area contributed by atoms with Crippen LogP contribution in [0, 0.1) is 13.8 Å². The Labute approximate surface area is 111 Å². The van der Waals surface area contributed by atoms with Gasteiger partial charge in [-0.2, -0.15) is 0 Å². The monoisotopic (exact) mass is 265 g/mol. The van der Waals surface area contributed by atoms with Crippen molar-refractivity contribution in [3.8, 4) is 0 Å². The highest BCUT2D eigenvalue weighted by atomic mass is 16.5. The second-order valence-electron chi connectivity index (χ2n) is 4.83. The molecular formula is C13H19N3O3. The first-order valence-electron chi connectivity index (χ1n) is 6.51. The fourth-order valence-electron chi connectivity index (χ4n) is 2.22. The molecule has 19 heavy (non-hydrogen) atoms. The van der Waals surface area contributed by atoms with Crippen molar-refractivity contribution < 1.29 is 9.53 Å². The maximum absolute atomic E-state index is 11.8. The van der Waals surface area contributed by atoms with Crippen molar-refractivity contribution in [3.05, 3.63) is 27.4 Å². The number of amides is 1. The molecule has 0 aromatic carbocycles. The zero-order valence-electron chi connectivity index (χ0n) is 11.3. The first-order chi connectivity index (χ1) is 9.06. The smallest absolute Gasteiger partial charge is 0.254 e. The molecule has 0 spiro atoms. The molecule has 1 aromatic rings. The van der Waals surface area contributed by atoms with Crippen LogP contribution in [0.4, 0.5) is 0 Å². The lowest BCUT2D eigenvalue weighted by Crippen LogP contribution is -2.34. The molecule has 6 heteroatoms. The Kier molecular flexibility index (Phi) is 4.31. The van der Waals surface area contributed by atoms with E-state index in [1.54, 1.807) is 13.8 Å². The number of hydrogen-bond donors (Lipinski definition) is 2. The SMILES string of the molecule is Cc1nc(C)c(CC(=O)NCC2CCCO2)c(=O)[nH]1. The topological polar surface area (TPSA) is 84.1 Å². The third-order valence-electron chi connectivity index (χ3n) is 3.23. The van der Waals surface area contributed by atoms with Crippen LogP contribution in [0.2, 0.25) is 0 Å². The summed E-state index contributed by atoms with van der Waals surface area (Å²) in [7, 11) is 0. The molecule has 0 aliphatic carbocycles. The van der Waals surface area contributed by atoms with Gasteiger partial charge in [0.1, 0.15) is 5.82 Å². The maximum Gasteiger partial charge on any atom is 0.254 e. The lowest BCUT2D eigenvalue weighted by atomic mass is 10.1. The van der Waals surface area contributed by atoms with E-state index in [-0.39, 0.29) is 24.0 Å². The van der Waals surface area contributed by atoms with Gasteiger partial charge in [0.15, 0.2) is 0 Å². The Morgan fingerprint density at radius 3 is 2.95 bits per heavy atom. The molecule has 1 fully saturated rings. The number of aromatic amines is 1. The normalized spacial score (nSPS) is 18.5. The van der Waals surface area contributed by atoms with Crippen molar-refractivity contribution >= 4 is 5.91 Å². The van der Waals surface area contributed by atoms with Crippen LogP contribution in [0.1, 0.15) is 29.9 Å². The molecule has 1 amide bonds. The largest absolute Gasteiger partial charge is 0.376 e. The van der Waals surface area contributed by atoms with E-state index in [1.807, 2.05) is 0 Å². The minimum atomic E-state index is -0.239. The number of aryl methyl sites for hydroxylation is 2. The highest BCUT2D eigenvalue weighted by Gasteiger charge is 2.17. The lowest BCUT2D eigenvalue weighted by Gasteiger charge is -2.11. The van der Waals surface area contributed by atoms with E-state index < -0.39 is 0 Å². The number of carbonyl (C=O) groups is 1. The van der Waals surface area contributed by atoms with E-state index in [2.05, 4.69) is 15.3 Å². The molecule has 2 N–H and O–H groups in total. The highest BCUT2D eigenvalue weighted by molar-refractivity contribution is 5.78. The van der Waals surface area contributed by atoms with Gasteiger partial charge in [-0.1, -0.05) is 0 Å². The van der Waals surface area contributed by atoms with Crippen molar-refractivity contribution in [1.29, 1.82) is 0 Å². The summed E-state index contributed by atoms with van der Waals surface area (Å²) in [6.07, 6.45) is 2.19. The van der Waals surface area contributed by atoms with E-state index in [9.17, 15) is 9.59 Å². The van der Waals surface area contributed by atoms with E-state index in [4.69, 9.17) is 4.74 Å². The molecule has 1 aliphatic heterocycles. The van der Waals surface area contributed by atoms with Gasteiger partial charge in [0, 0.05) is 24.4 Å². The Balaban J connectivity index is 1.93. The average molecular weight is 265 g/mol. The predicted molar refractivity (Wildman–Crippen MR) is 70.0 cm³/mol. The predicted octanol–water partition coefficient (Wildman–Crippen LogP) is 0.224. The second-order valence-corrected chi connectivity index (χ2v) is 4.83. The summed E-state index contributed by atoms with van der Waals surface area (Å²) in [6, 6.07) is 0. The molecule has 1 aliphatic rings. The molecular weight excluding hydrogens is 246 g/mol. The van der Waals surface area contributed by atoms with Gasteiger partial charge in [-0.15, -0.1) is 0 Å². The van der Waals surface area contributed by atoms with Crippen LogP contribution in [-0.4, -0.2) is 35.1 Å². The summed E-state index contributed by atoms with van der Waals surface area (Å²) >= 11 is 0. The van der Waals surface area contributed by atoms with Crippen molar-refractivity contribution in [2.75, 3.05) is 13.2 Å². The third-order valence-corrected chi connectivity index (χ3v) is 3.23. The molecule has 2 rings (SSSR count). The lowest BCUT2D eigenvalue weighted by molar-refractivity contribution is -0.121.